The molecule has 2 saturated heterocycles. The van der Waals surface area contributed by atoms with Crippen molar-refractivity contribution in [2.75, 3.05) is 31.9 Å². The largest absolute Gasteiger partial charge is 0.342 e. The number of benzene rings is 1. The van der Waals surface area contributed by atoms with E-state index < -0.39 is 0 Å². The van der Waals surface area contributed by atoms with Crippen LogP contribution in [0.2, 0.25) is 0 Å². The lowest BCUT2D eigenvalue weighted by Crippen LogP contribution is -2.33. The minimum atomic E-state index is 0.218. The second kappa shape index (κ2) is 9.56. The molecular weight excluding hydrogens is 370 g/mol. The van der Waals surface area contributed by atoms with Gasteiger partial charge in [0.05, 0.1) is 12.3 Å². The van der Waals surface area contributed by atoms with Gasteiger partial charge in [0, 0.05) is 18.8 Å². The van der Waals surface area contributed by atoms with E-state index in [-0.39, 0.29) is 5.91 Å². The van der Waals surface area contributed by atoms with E-state index in [9.17, 15) is 4.79 Å². The Labute approximate surface area is 171 Å². The molecular formula is C21H29N5OS. The van der Waals surface area contributed by atoms with Gasteiger partial charge < -0.3 is 4.90 Å². The number of likely N-dealkylation sites (tertiary alicyclic amines) is 2. The summed E-state index contributed by atoms with van der Waals surface area (Å²) in [6, 6.07) is 10.2. The molecule has 2 aromatic rings. The minimum absolute atomic E-state index is 0.218. The molecule has 28 heavy (non-hydrogen) atoms. The highest BCUT2D eigenvalue weighted by atomic mass is 32.2. The van der Waals surface area contributed by atoms with Crippen LogP contribution in [0.15, 0.2) is 35.5 Å². The third-order valence-electron chi connectivity index (χ3n) is 5.56. The maximum Gasteiger partial charge on any atom is 0.233 e. The summed E-state index contributed by atoms with van der Waals surface area (Å²) in [5.41, 5.74) is 1.06. The van der Waals surface area contributed by atoms with Gasteiger partial charge in [0.25, 0.3) is 0 Å². The second-order valence-electron chi connectivity index (χ2n) is 7.64. The van der Waals surface area contributed by atoms with E-state index in [1.165, 1.54) is 37.4 Å². The van der Waals surface area contributed by atoms with Gasteiger partial charge in [-0.25, -0.2) is 0 Å². The van der Waals surface area contributed by atoms with E-state index in [1.54, 1.807) is 0 Å². The van der Waals surface area contributed by atoms with Crippen LogP contribution in [0.25, 0.3) is 5.69 Å². The van der Waals surface area contributed by atoms with Crippen molar-refractivity contribution in [3.63, 3.8) is 0 Å². The van der Waals surface area contributed by atoms with Gasteiger partial charge in [-0.05, 0) is 50.9 Å². The zero-order chi connectivity index (χ0) is 19.2. The standard InChI is InChI=1S/C21H29N5OS/c27-20(25-14-6-1-2-7-15-25)17-28-21-23-22-19(16-24-12-8-9-13-24)26(21)18-10-4-3-5-11-18/h3-5,10-11H,1-2,6-9,12-17H2. The third-order valence-corrected chi connectivity index (χ3v) is 6.48. The van der Waals surface area contributed by atoms with Crippen LogP contribution in [-0.4, -0.2) is 62.4 Å². The van der Waals surface area contributed by atoms with Gasteiger partial charge >= 0.3 is 0 Å². The van der Waals surface area contributed by atoms with E-state index in [0.29, 0.717) is 5.75 Å². The van der Waals surface area contributed by atoms with Crippen LogP contribution in [0, 0.1) is 0 Å². The van der Waals surface area contributed by atoms with Crippen molar-refractivity contribution in [1.29, 1.82) is 0 Å². The molecule has 6 nitrogen and oxygen atoms in total. The molecule has 1 amide bonds. The fourth-order valence-electron chi connectivity index (χ4n) is 4.01. The molecule has 4 rings (SSSR count). The summed E-state index contributed by atoms with van der Waals surface area (Å²) < 4.78 is 2.12. The quantitative estimate of drug-likeness (QED) is 0.697. The van der Waals surface area contributed by atoms with Gasteiger partial charge in [-0.3, -0.25) is 14.3 Å². The van der Waals surface area contributed by atoms with Crippen LogP contribution in [0.1, 0.15) is 44.3 Å². The molecule has 3 heterocycles. The molecule has 1 aromatic carbocycles. The van der Waals surface area contributed by atoms with Crippen molar-refractivity contribution in [3.05, 3.63) is 36.2 Å². The van der Waals surface area contributed by atoms with Crippen LogP contribution in [0.3, 0.4) is 0 Å². The number of nitrogens with zero attached hydrogens (tertiary/aromatic N) is 5. The SMILES string of the molecule is O=C(CSc1nnc(CN2CCCC2)n1-c1ccccc1)N1CCCCCC1. The van der Waals surface area contributed by atoms with Crippen molar-refractivity contribution < 1.29 is 4.79 Å². The highest BCUT2D eigenvalue weighted by molar-refractivity contribution is 7.99. The van der Waals surface area contributed by atoms with E-state index in [2.05, 4.69) is 31.8 Å². The highest BCUT2D eigenvalue weighted by Crippen LogP contribution is 2.24. The Hall–Kier alpha value is -1.86. The first-order chi connectivity index (χ1) is 13.8. The molecule has 2 fully saturated rings. The number of aromatic nitrogens is 3. The molecule has 0 N–H and O–H groups in total. The molecule has 0 spiro atoms. The summed E-state index contributed by atoms with van der Waals surface area (Å²) >= 11 is 1.51. The number of amides is 1. The lowest BCUT2D eigenvalue weighted by Gasteiger charge is -2.20. The van der Waals surface area contributed by atoms with Crippen LogP contribution < -0.4 is 0 Å². The molecule has 150 valence electrons. The summed E-state index contributed by atoms with van der Waals surface area (Å²) in [7, 11) is 0. The average Bonchev–Trinajstić information content (AvgIpc) is 3.29. The predicted octanol–water partition coefficient (Wildman–Crippen LogP) is 3.36. The monoisotopic (exact) mass is 399 g/mol. The molecule has 2 aliphatic rings. The zero-order valence-electron chi connectivity index (χ0n) is 16.4. The summed E-state index contributed by atoms with van der Waals surface area (Å²) in [5.74, 6) is 1.60. The molecule has 0 aliphatic carbocycles. The highest BCUT2D eigenvalue weighted by Gasteiger charge is 2.21. The number of rotatable bonds is 6. The van der Waals surface area contributed by atoms with Gasteiger partial charge in [0.15, 0.2) is 11.0 Å². The van der Waals surface area contributed by atoms with Gasteiger partial charge in [0.2, 0.25) is 5.91 Å². The van der Waals surface area contributed by atoms with Crippen LogP contribution >= 0.6 is 11.8 Å². The molecule has 2 aliphatic heterocycles. The van der Waals surface area contributed by atoms with Crippen LogP contribution in [0.5, 0.6) is 0 Å². The number of thioether (sulfide) groups is 1. The Morgan fingerprint density at radius 3 is 2.29 bits per heavy atom. The van der Waals surface area contributed by atoms with Crippen LogP contribution in [0.4, 0.5) is 0 Å². The number of carbonyl (C=O) groups excluding carboxylic acids is 1. The lowest BCUT2D eigenvalue weighted by atomic mass is 10.2. The molecule has 0 bridgehead atoms. The summed E-state index contributed by atoms with van der Waals surface area (Å²) in [6.07, 6.45) is 7.22. The number of hydrogen-bond acceptors (Lipinski definition) is 5. The third kappa shape index (κ3) is 4.75. The summed E-state index contributed by atoms with van der Waals surface area (Å²) in [6.45, 7) is 4.84. The number of hydrogen-bond donors (Lipinski definition) is 0. The maximum absolute atomic E-state index is 12.7. The minimum Gasteiger partial charge on any atom is -0.342 e. The molecule has 0 unspecified atom stereocenters. The van der Waals surface area contributed by atoms with E-state index in [0.717, 1.165) is 62.2 Å². The van der Waals surface area contributed by atoms with Gasteiger partial charge in [0.1, 0.15) is 0 Å². The van der Waals surface area contributed by atoms with Crippen molar-refractivity contribution in [2.24, 2.45) is 0 Å². The molecule has 0 radical (unpaired) electrons. The Kier molecular flexibility index (Phi) is 6.65. The Balaban J connectivity index is 1.49. The number of carbonyl (C=O) groups is 1. The van der Waals surface area contributed by atoms with Crippen molar-refractivity contribution in [1.82, 2.24) is 24.6 Å². The second-order valence-corrected chi connectivity index (χ2v) is 8.58. The van der Waals surface area contributed by atoms with Gasteiger partial charge in [-0.15, -0.1) is 10.2 Å². The molecule has 7 heteroatoms. The van der Waals surface area contributed by atoms with Crippen molar-refractivity contribution in [2.45, 2.75) is 50.2 Å². The van der Waals surface area contributed by atoms with Gasteiger partial charge in [-0.2, -0.15) is 0 Å². The summed E-state index contributed by atoms with van der Waals surface area (Å²) in [5, 5.41) is 9.74. The van der Waals surface area contributed by atoms with Crippen LogP contribution in [-0.2, 0) is 11.3 Å². The molecule has 1 aromatic heterocycles. The lowest BCUT2D eigenvalue weighted by molar-refractivity contribution is -0.128. The van der Waals surface area contributed by atoms with Crippen molar-refractivity contribution >= 4 is 17.7 Å². The van der Waals surface area contributed by atoms with E-state index >= 15 is 0 Å². The maximum atomic E-state index is 12.7. The first kappa shape index (κ1) is 19.5. The average molecular weight is 400 g/mol. The Bertz CT molecular complexity index is 764. The molecule has 0 saturated carbocycles. The Morgan fingerprint density at radius 1 is 0.893 bits per heavy atom. The normalized spacial score (nSPS) is 18.4. The van der Waals surface area contributed by atoms with E-state index in [4.69, 9.17) is 0 Å². The zero-order valence-corrected chi connectivity index (χ0v) is 17.2. The smallest absolute Gasteiger partial charge is 0.233 e. The molecule has 0 atom stereocenters. The van der Waals surface area contributed by atoms with E-state index in [1.807, 2.05) is 23.1 Å². The first-order valence-electron chi connectivity index (χ1n) is 10.4. The topological polar surface area (TPSA) is 54.3 Å². The van der Waals surface area contributed by atoms with Gasteiger partial charge in [-0.1, -0.05) is 42.8 Å². The first-order valence-corrected chi connectivity index (χ1v) is 11.4. The Morgan fingerprint density at radius 2 is 1.57 bits per heavy atom. The number of para-hydroxylation sites is 1. The predicted molar refractivity (Wildman–Crippen MR) is 112 cm³/mol. The fraction of sp³-hybridized carbons (Fsp3) is 0.571. The fourth-order valence-corrected chi connectivity index (χ4v) is 4.88. The summed E-state index contributed by atoms with van der Waals surface area (Å²) in [4.78, 5) is 17.1. The van der Waals surface area contributed by atoms with Crippen molar-refractivity contribution in [3.8, 4) is 5.69 Å².